The molecule has 1 heterocycles. The van der Waals surface area contributed by atoms with Gasteiger partial charge in [-0.05, 0) is 41.0 Å². The fourth-order valence-electron chi connectivity index (χ4n) is 5.15. The fourth-order valence-corrected chi connectivity index (χ4v) is 5.69. The van der Waals surface area contributed by atoms with Crippen LogP contribution in [0.1, 0.15) is 44.6 Å². The van der Waals surface area contributed by atoms with Crippen molar-refractivity contribution in [1.29, 1.82) is 0 Å². The Morgan fingerprint density at radius 1 is 0.938 bits per heavy atom. The smallest absolute Gasteiger partial charge is 0.232 e. The summed E-state index contributed by atoms with van der Waals surface area (Å²) in [5.74, 6) is -0.302. The molecule has 1 amide bonds. The van der Waals surface area contributed by atoms with E-state index in [-0.39, 0.29) is 29.4 Å². The van der Waals surface area contributed by atoms with Crippen LogP contribution >= 0.6 is 23.2 Å². The molecule has 3 nitrogen and oxygen atoms in total. The molecule has 0 bridgehead atoms. The number of hydrogen-bond acceptors (Lipinski definition) is 2. The largest absolute Gasteiger partial charge is 0.294 e. The van der Waals surface area contributed by atoms with Crippen LogP contribution in [0.15, 0.2) is 71.9 Å². The Morgan fingerprint density at radius 2 is 1.69 bits per heavy atom. The molecule has 3 aromatic rings. The molecule has 162 valence electrons. The monoisotopic (exact) mass is 463 g/mol. The molecule has 1 unspecified atom stereocenters. The summed E-state index contributed by atoms with van der Waals surface area (Å²) in [5.41, 5.74) is 2.88. The lowest BCUT2D eigenvalue weighted by Crippen LogP contribution is -2.43. The Bertz CT molecular complexity index is 1300. The zero-order chi connectivity index (χ0) is 22.6. The summed E-state index contributed by atoms with van der Waals surface area (Å²) in [7, 11) is 0. The highest BCUT2D eigenvalue weighted by Crippen LogP contribution is 2.50. The van der Waals surface area contributed by atoms with Gasteiger partial charge in [0.15, 0.2) is 5.78 Å². The summed E-state index contributed by atoms with van der Waals surface area (Å²) in [4.78, 5) is 29.0. The highest BCUT2D eigenvalue weighted by molar-refractivity contribution is 6.35. The molecule has 1 aliphatic carbocycles. The minimum absolute atomic E-state index is 0.0263. The molecule has 2 aliphatic rings. The second-order valence-electron chi connectivity index (χ2n) is 9.45. The summed E-state index contributed by atoms with van der Waals surface area (Å²) >= 11 is 12.6. The molecule has 1 atom stereocenters. The molecule has 0 spiro atoms. The van der Waals surface area contributed by atoms with Gasteiger partial charge in [-0.1, -0.05) is 79.5 Å². The van der Waals surface area contributed by atoms with E-state index in [1.54, 1.807) is 17.0 Å². The predicted molar refractivity (Wildman–Crippen MR) is 130 cm³/mol. The van der Waals surface area contributed by atoms with Crippen molar-refractivity contribution in [3.8, 4) is 0 Å². The maximum absolute atomic E-state index is 13.7. The summed E-state index contributed by atoms with van der Waals surface area (Å²) in [6, 6.07) is 19.3. The molecule has 0 N–H and O–H groups in total. The number of anilines is 1. The number of amides is 1. The molecule has 0 saturated heterocycles. The van der Waals surface area contributed by atoms with E-state index in [0.717, 1.165) is 27.7 Å². The zero-order valence-electron chi connectivity index (χ0n) is 18.0. The average molecular weight is 464 g/mol. The van der Waals surface area contributed by atoms with Crippen LogP contribution in [0.5, 0.6) is 0 Å². The quantitative estimate of drug-likeness (QED) is 0.399. The van der Waals surface area contributed by atoms with Crippen LogP contribution in [0.3, 0.4) is 0 Å². The maximum Gasteiger partial charge on any atom is 0.232 e. The second-order valence-corrected chi connectivity index (χ2v) is 10.3. The number of ketones is 1. The molecule has 1 aliphatic heterocycles. The molecule has 0 aromatic heterocycles. The van der Waals surface area contributed by atoms with Crippen LogP contribution < -0.4 is 4.90 Å². The third kappa shape index (κ3) is 3.54. The first kappa shape index (κ1) is 21.2. The highest BCUT2D eigenvalue weighted by atomic mass is 35.5. The molecule has 5 heteroatoms. The van der Waals surface area contributed by atoms with Crippen LogP contribution in [0.2, 0.25) is 10.0 Å². The van der Waals surface area contributed by atoms with Gasteiger partial charge in [0.25, 0.3) is 0 Å². The number of Topliss-reactive ketones (excluding diaryl/α,β-unsaturated/α-hetero) is 1. The van der Waals surface area contributed by atoms with Crippen molar-refractivity contribution in [3.05, 3.63) is 87.5 Å². The third-order valence-electron chi connectivity index (χ3n) is 6.49. The molecule has 32 heavy (non-hydrogen) atoms. The first-order valence-corrected chi connectivity index (χ1v) is 11.5. The molecular weight excluding hydrogens is 441 g/mol. The van der Waals surface area contributed by atoms with Crippen molar-refractivity contribution in [2.75, 3.05) is 4.90 Å². The van der Waals surface area contributed by atoms with Crippen molar-refractivity contribution in [2.24, 2.45) is 5.41 Å². The van der Waals surface area contributed by atoms with Gasteiger partial charge < -0.3 is 0 Å². The number of carbonyl (C=O) groups excluding carboxylic acids is 2. The van der Waals surface area contributed by atoms with Gasteiger partial charge in [0.05, 0.1) is 5.69 Å². The van der Waals surface area contributed by atoms with Crippen LogP contribution in [0.25, 0.3) is 10.8 Å². The standard InChI is InChI=1S/C27H23Cl2NO2/c1-27(2)14-23-26(24(31)15-27)20(19-11-10-17(28)12-21(19)29)13-25(32)30(23)22-9-5-7-16-6-3-4-8-18(16)22/h3-12,20H,13-15H2,1-2H3. The summed E-state index contributed by atoms with van der Waals surface area (Å²) in [5, 5.41) is 3.07. The first-order valence-electron chi connectivity index (χ1n) is 10.8. The normalized spacial score (nSPS) is 20.6. The Kier molecular flexibility index (Phi) is 5.15. The van der Waals surface area contributed by atoms with Crippen molar-refractivity contribution >= 4 is 51.4 Å². The van der Waals surface area contributed by atoms with E-state index < -0.39 is 0 Å². The number of rotatable bonds is 2. The minimum atomic E-state index is -0.364. The van der Waals surface area contributed by atoms with Gasteiger partial charge >= 0.3 is 0 Å². The van der Waals surface area contributed by atoms with E-state index in [9.17, 15) is 9.59 Å². The molecule has 5 rings (SSSR count). The van der Waals surface area contributed by atoms with Gasteiger partial charge in [-0.2, -0.15) is 0 Å². The van der Waals surface area contributed by atoms with Crippen LogP contribution in [0, 0.1) is 5.41 Å². The van der Waals surface area contributed by atoms with Gasteiger partial charge in [0, 0.05) is 45.5 Å². The third-order valence-corrected chi connectivity index (χ3v) is 7.05. The van der Waals surface area contributed by atoms with Gasteiger partial charge in [-0.15, -0.1) is 0 Å². The SMILES string of the molecule is CC1(C)CC(=O)C2=C(C1)N(c1cccc3ccccc13)C(=O)CC2c1ccc(Cl)cc1Cl. The lowest BCUT2D eigenvalue weighted by atomic mass is 9.69. The molecule has 3 aromatic carbocycles. The van der Waals surface area contributed by atoms with E-state index in [1.807, 2.05) is 48.5 Å². The van der Waals surface area contributed by atoms with Gasteiger partial charge in [0.1, 0.15) is 0 Å². The summed E-state index contributed by atoms with van der Waals surface area (Å²) < 4.78 is 0. The highest BCUT2D eigenvalue weighted by Gasteiger charge is 2.45. The number of hydrogen-bond donors (Lipinski definition) is 0. The van der Waals surface area contributed by atoms with Gasteiger partial charge in [-0.3, -0.25) is 14.5 Å². The number of fused-ring (bicyclic) bond motifs is 1. The second kappa shape index (κ2) is 7.75. The van der Waals surface area contributed by atoms with E-state index in [1.165, 1.54) is 0 Å². The van der Waals surface area contributed by atoms with E-state index in [0.29, 0.717) is 28.5 Å². The van der Waals surface area contributed by atoms with Gasteiger partial charge in [-0.25, -0.2) is 0 Å². The van der Waals surface area contributed by atoms with Crippen LogP contribution in [-0.4, -0.2) is 11.7 Å². The minimum Gasteiger partial charge on any atom is -0.294 e. The predicted octanol–water partition coefficient (Wildman–Crippen LogP) is 7.31. The van der Waals surface area contributed by atoms with Gasteiger partial charge in [0.2, 0.25) is 5.91 Å². The summed E-state index contributed by atoms with van der Waals surface area (Å²) in [6.45, 7) is 4.17. The van der Waals surface area contributed by atoms with Crippen molar-refractivity contribution in [3.63, 3.8) is 0 Å². The Balaban J connectivity index is 1.75. The topological polar surface area (TPSA) is 37.4 Å². The number of benzene rings is 3. The van der Waals surface area contributed by atoms with E-state index >= 15 is 0 Å². The average Bonchev–Trinajstić information content (AvgIpc) is 2.72. The number of allylic oxidation sites excluding steroid dienone is 2. The number of carbonyl (C=O) groups is 2. The number of nitrogens with zero attached hydrogens (tertiary/aromatic N) is 1. The first-order chi connectivity index (χ1) is 15.2. The lowest BCUT2D eigenvalue weighted by molar-refractivity contribution is -0.120. The summed E-state index contributed by atoms with van der Waals surface area (Å²) in [6.07, 6.45) is 1.28. The molecule has 0 saturated carbocycles. The fraction of sp³-hybridized carbons (Fsp3) is 0.259. The number of halogens is 2. The Hall–Kier alpha value is -2.62. The molecule has 0 radical (unpaired) electrons. The Morgan fingerprint density at radius 3 is 2.47 bits per heavy atom. The molecule has 0 fully saturated rings. The van der Waals surface area contributed by atoms with Crippen molar-refractivity contribution < 1.29 is 9.59 Å². The maximum atomic E-state index is 13.7. The lowest BCUT2D eigenvalue weighted by Gasteiger charge is -2.43. The van der Waals surface area contributed by atoms with E-state index in [4.69, 9.17) is 23.2 Å². The van der Waals surface area contributed by atoms with E-state index in [2.05, 4.69) is 13.8 Å². The Labute approximate surface area is 197 Å². The molecular formula is C27H23Cl2NO2. The van der Waals surface area contributed by atoms with Crippen molar-refractivity contribution in [2.45, 2.75) is 39.0 Å². The zero-order valence-corrected chi connectivity index (χ0v) is 19.5. The van der Waals surface area contributed by atoms with Crippen LogP contribution in [-0.2, 0) is 9.59 Å². The van der Waals surface area contributed by atoms with Crippen molar-refractivity contribution in [1.82, 2.24) is 0 Å². The van der Waals surface area contributed by atoms with Crippen LogP contribution in [0.4, 0.5) is 5.69 Å².